The van der Waals surface area contributed by atoms with Gasteiger partial charge in [-0.05, 0) is 30.3 Å². The van der Waals surface area contributed by atoms with Crippen molar-refractivity contribution in [3.8, 4) is 5.75 Å². The Morgan fingerprint density at radius 3 is 2.68 bits per heavy atom. The van der Waals surface area contributed by atoms with Crippen LogP contribution in [0.4, 0.5) is 16.2 Å². The topological polar surface area (TPSA) is 57.7 Å². The normalized spacial score (nSPS) is 14.2. The van der Waals surface area contributed by atoms with E-state index in [0.717, 1.165) is 28.0 Å². The number of aromatic nitrogens is 1. The third kappa shape index (κ3) is 3.68. The second-order valence-corrected chi connectivity index (χ2v) is 7.04. The van der Waals surface area contributed by atoms with E-state index < -0.39 is 0 Å². The zero-order chi connectivity index (χ0) is 19.5. The SMILES string of the molecule is COc1ccc(Cl)cc1N1CCN(C(=O)Nc2cccc3cccnc23)CC1. The highest BCUT2D eigenvalue weighted by Gasteiger charge is 2.23. The largest absolute Gasteiger partial charge is 0.495 e. The minimum Gasteiger partial charge on any atom is -0.495 e. The number of methoxy groups -OCH3 is 1. The van der Waals surface area contributed by atoms with E-state index in [4.69, 9.17) is 16.3 Å². The third-order valence-electron chi connectivity index (χ3n) is 4.92. The van der Waals surface area contributed by atoms with Gasteiger partial charge in [0.1, 0.15) is 5.75 Å². The molecule has 28 heavy (non-hydrogen) atoms. The number of rotatable bonds is 3. The van der Waals surface area contributed by atoms with Crippen molar-refractivity contribution in [3.05, 3.63) is 59.8 Å². The van der Waals surface area contributed by atoms with Crippen LogP contribution in [0.1, 0.15) is 0 Å². The molecule has 144 valence electrons. The van der Waals surface area contributed by atoms with E-state index in [2.05, 4.69) is 15.2 Å². The summed E-state index contributed by atoms with van der Waals surface area (Å²) in [6, 6.07) is 15.1. The maximum atomic E-state index is 12.8. The fourth-order valence-electron chi connectivity index (χ4n) is 3.46. The van der Waals surface area contributed by atoms with Gasteiger partial charge >= 0.3 is 6.03 Å². The zero-order valence-corrected chi connectivity index (χ0v) is 16.3. The Kier molecular flexibility index (Phi) is 5.21. The average molecular weight is 397 g/mol. The van der Waals surface area contributed by atoms with Gasteiger partial charge < -0.3 is 19.9 Å². The van der Waals surface area contributed by atoms with Gasteiger partial charge in [0.25, 0.3) is 0 Å². The van der Waals surface area contributed by atoms with Crippen molar-refractivity contribution < 1.29 is 9.53 Å². The molecule has 2 aromatic carbocycles. The number of carbonyl (C=O) groups excluding carboxylic acids is 1. The Hall–Kier alpha value is -2.99. The first-order valence-electron chi connectivity index (χ1n) is 9.14. The van der Waals surface area contributed by atoms with Crippen molar-refractivity contribution in [2.75, 3.05) is 43.5 Å². The summed E-state index contributed by atoms with van der Waals surface area (Å²) in [4.78, 5) is 21.1. The van der Waals surface area contributed by atoms with E-state index in [1.807, 2.05) is 53.4 Å². The number of ether oxygens (including phenoxy) is 1. The summed E-state index contributed by atoms with van der Waals surface area (Å²) in [6.45, 7) is 2.63. The number of nitrogens with one attached hydrogen (secondary N) is 1. The number of hydrogen-bond donors (Lipinski definition) is 1. The molecule has 0 aliphatic carbocycles. The maximum absolute atomic E-state index is 12.8. The molecule has 0 spiro atoms. The van der Waals surface area contributed by atoms with E-state index in [0.29, 0.717) is 31.2 Å². The number of amides is 2. The first-order chi connectivity index (χ1) is 13.7. The van der Waals surface area contributed by atoms with E-state index in [9.17, 15) is 4.79 Å². The molecule has 2 heterocycles. The van der Waals surface area contributed by atoms with Crippen LogP contribution in [0.3, 0.4) is 0 Å². The van der Waals surface area contributed by atoms with Crippen LogP contribution in [0.25, 0.3) is 10.9 Å². The number of pyridine rings is 1. The van der Waals surface area contributed by atoms with Gasteiger partial charge in [0.05, 0.1) is 24.0 Å². The number of hydrogen-bond acceptors (Lipinski definition) is 4. The lowest BCUT2D eigenvalue weighted by Crippen LogP contribution is -2.50. The van der Waals surface area contributed by atoms with Crippen LogP contribution in [0, 0.1) is 0 Å². The summed E-state index contributed by atoms with van der Waals surface area (Å²) in [7, 11) is 1.65. The minimum absolute atomic E-state index is 0.115. The Labute approximate surface area is 168 Å². The lowest BCUT2D eigenvalue weighted by Gasteiger charge is -2.36. The summed E-state index contributed by atoms with van der Waals surface area (Å²) < 4.78 is 5.45. The molecule has 1 saturated heterocycles. The van der Waals surface area contributed by atoms with Crippen molar-refractivity contribution in [2.45, 2.75) is 0 Å². The molecule has 4 rings (SSSR count). The Balaban J connectivity index is 1.44. The molecular formula is C21H21ClN4O2. The van der Waals surface area contributed by atoms with Crippen LogP contribution in [-0.4, -0.2) is 49.2 Å². The predicted octanol–water partition coefficient (Wildman–Crippen LogP) is 4.25. The van der Waals surface area contributed by atoms with E-state index in [1.165, 1.54) is 0 Å². The monoisotopic (exact) mass is 396 g/mol. The molecule has 0 saturated carbocycles. The highest BCUT2D eigenvalue weighted by Crippen LogP contribution is 2.32. The molecule has 6 nitrogen and oxygen atoms in total. The van der Waals surface area contributed by atoms with Crippen LogP contribution in [0.15, 0.2) is 54.7 Å². The fourth-order valence-corrected chi connectivity index (χ4v) is 3.63. The average Bonchev–Trinajstić information content (AvgIpc) is 2.74. The lowest BCUT2D eigenvalue weighted by atomic mass is 10.2. The van der Waals surface area contributed by atoms with Gasteiger partial charge in [0, 0.05) is 42.8 Å². The molecule has 1 N–H and O–H groups in total. The first kappa shape index (κ1) is 18.4. The van der Waals surface area contributed by atoms with Gasteiger partial charge in [-0.25, -0.2) is 4.79 Å². The van der Waals surface area contributed by atoms with Gasteiger partial charge in [0.15, 0.2) is 0 Å². The highest BCUT2D eigenvalue weighted by molar-refractivity contribution is 6.31. The number of urea groups is 1. The summed E-state index contributed by atoms with van der Waals surface area (Å²) in [5.41, 5.74) is 2.47. The summed E-state index contributed by atoms with van der Waals surface area (Å²) >= 11 is 6.15. The number of para-hydroxylation sites is 1. The van der Waals surface area contributed by atoms with Gasteiger partial charge in [0.2, 0.25) is 0 Å². The van der Waals surface area contributed by atoms with Gasteiger partial charge in [-0.3, -0.25) is 4.98 Å². The number of halogens is 1. The molecule has 0 radical (unpaired) electrons. The molecule has 1 fully saturated rings. The third-order valence-corrected chi connectivity index (χ3v) is 5.16. The Morgan fingerprint density at radius 2 is 1.89 bits per heavy atom. The molecular weight excluding hydrogens is 376 g/mol. The first-order valence-corrected chi connectivity index (χ1v) is 9.51. The predicted molar refractivity (Wildman–Crippen MR) is 113 cm³/mol. The van der Waals surface area contributed by atoms with Gasteiger partial charge in [-0.15, -0.1) is 0 Å². The number of nitrogens with zero attached hydrogens (tertiary/aromatic N) is 3. The highest BCUT2D eigenvalue weighted by atomic mass is 35.5. The zero-order valence-electron chi connectivity index (χ0n) is 15.6. The van der Waals surface area contributed by atoms with Crippen molar-refractivity contribution in [1.82, 2.24) is 9.88 Å². The van der Waals surface area contributed by atoms with E-state index in [-0.39, 0.29) is 6.03 Å². The quantitative estimate of drug-likeness (QED) is 0.719. The van der Waals surface area contributed by atoms with Crippen molar-refractivity contribution in [1.29, 1.82) is 0 Å². The van der Waals surface area contributed by atoms with Crippen LogP contribution in [-0.2, 0) is 0 Å². The van der Waals surface area contributed by atoms with Crippen molar-refractivity contribution >= 4 is 39.9 Å². The Morgan fingerprint density at radius 1 is 1.11 bits per heavy atom. The Bertz CT molecular complexity index is 997. The fraction of sp³-hybridized carbons (Fsp3) is 0.238. The smallest absolute Gasteiger partial charge is 0.322 e. The molecule has 7 heteroatoms. The van der Waals surface area contributed by atoms with Crippen LogP contribution in [0.5, 0.6) is 5.75 Å². The van der Waals surface area contributed by atoms with Gasteiger partial charge in [-0.1, -0.05) is 29.8 Å². The number of benzene rings is 2. The maximum Gasteiger partial charge on any atom is 0.322 e. The molecule has 0 unspecified atom stereocenters. The minimum atomic E-state index is -0.115. The molecule has 1 aliphatic heterocycles. The van der Waals surface area contributed by atoms with Crippen molar-refractivity contribution in [2.24, 2.45) is 0 Å². The number of anilines is 2. The van der Waals surface area contributed by atoms with E-state index >= 15 is 0 Å². The molecule has 0 atom stereocenters. The van der Waals surface area contributed by atoms with E-state index in [1.54, 1.807) is 13.3 Å². The summed E-state index contributed by atoms with van der Waals surface area (Å²) in [5.74, 6) is 0.782. The van der Waals surface area contributed by atoms with Crippen LogP contribution in [0.2, 0.25) is 5.02 Å². The van der Waals surface area contributed by atoms with Crippen LogP contribution < -0.4 is 15.0 Å². The molecule has 1 aliphatic rings. The summed E-state index contributed by atoms with van der Waals surface area (Å²) in [5, 5.41) is 4.67. The second-order valence-electron chi connectivity index (χ2n) is 6.60. The standard InChI is InChI=1S/C21H21ClN4O2/c1-28-19-8-7-16(22)14-18(19)25-10-12-26(13-11-25)21(27)24-17-6-2-4-15-5-3-9-23-20(15)17/h2-9,14H,10-13H2,1H3,(H,24,27). The number of piperazine rings is 1. The second kappa shape index (κ2) is 7.94. The number of fused-ring (bicyclic) bond motifs is 1. The molecule has 0 bridgehead atoms. The van der Waals surface area contributed by atoms with Crippen molar-refractivity contribution in [3.63, 3.8) is 0 Å². The van der Waals surface area contributed by atoms with Crippen LogP contribution >= 0.6 is 11.6 Å². The molecule has 3 aromatic rings. The number of carbonyl (C=O) groups is 1. The molecule has 1 aromatic heterocycles. The van der Waals surface area contributed by atoms with Gasteiger partial charge in [-0.2, -0.15) is 0 Å². The lowest BCUT2D eigenvalue weighted by molar-refractivity contribution is 0.208. The summed E-state index contributed by atoms with van der Waals surface area (Å²) in [6.07, 6.45) is 1.73. The molecule has 2 amide bonds.